The van der Waals surface area contributed by atoms with Crippen molar-refractivity contribution in [2.75, 3.05) is 26.4 Å². The molecular weight excluding hydrogens is 462 g/mol. The molecule has 4 aromatic heterocycles. The number of hydrogen-bond donors (Lipinski definition) is 0. The molecule has 6 heterocycles. The summed E-state index contributed by atoms with van der Waals surface area (Å²) in [5.74, 6) is 2.09. The van der Waals surface area contributed by atoms with Gasteiger partial charge in [0, 0.05) is 61.2 Å². The quantitative estimate of drug-likeness (QED) is 0.343. The third-order valence-corrected chi connectivity index (χ3v) is 8.49. The van der Waals surface area contributed by atoms with Crippen LogP contribution in [0.25, 0.3) is 20.7 Å². The van der Waals surface area contributed by atoms with Crippen molar-refractivity contribution in [3.8, 4) is 21.9 Å². The Morgan fingerprint density at radius 1 is 0.886 bits per heavy atom. The number of pyridine rings is 1. The van der Waals surface area contributed by atoms with E-state index in [0.717, 1.165) is 90.0 Å². The van der Waals surface area contributed by atoms with Crippen LogP contribution in [0.4, 0.5) is 0 Å². The van der Waals surface area contributed by atoms with Gasteiger partial charge in [0.2, 0.25) is 0 Å². The third kappa shape index (κ3) is 4.26. The first kappa shape index (κ1) is 21.5. The lowest BCUT2D eigenvalue weighted by Gasteiger charge is -2.22. The summed E-state index contributed by atoms with van der Waals surface area (Å²) in [6.45, 7) is 3.19. The maximum atomic E-state index is 6.60. The Hall–Kier alpha value is -2.75. The Morgan fingerprint density at radius 3 is 2.46 bits per heavy atom. The summed E-state index contributed by atoms with van der Waals surface area (Å²) in [6, 6.07) is 5.04. The molecule has 0 spiro atoms. The predicted molar refractivity (Wildman–Crippen MR) is 133 cm³/mol. The summed E-state index contributed by atoms with van der Waals surface area (Å²) in [7, 11) is 0. The van der Waals surface area contributed by atoms with Crippen molar-refractivity contribution >= 4 is 21.6 Å². The molecular formula is C26H29N5O3S. The molecule has 2 aliphatic heterocycles. The first-order valence-electron chi connectivity index (χ1n) is 12.7. The first-order valence-corrected chi connectivity index (χ1v) is 13.5. The van der Waals surface area contributed by atoms with E-state index >= 15 is 0 Å². The summed E-state index contributed by atoms with van der Waals surface area (Å²) >= 11 is 1.71. The van der Waals surface area contributed by atoms with Gasteiger partial charge >= 0.3 is 0 Å². The zero-order valence-corrected chi connectivity index (χ0v) is 20.5. The smallest absolute Gasteiger partial charge is 0.168 e. The zero-order chi connectivity index (χ0) is 23.2. The number of thiophene rings is 1. The van der Waals surface area contributed by atoms with E-state index in [-0.39, 0.29) is 0 Å². The fourth-order valence-electron chi connectivity index (χ4n) is 5.12. The van der Waals surface area contributed by atoms with Crippen molar-refractivity contribution in [1.29, 1.82) is 0 Å². The minimum atomic E-state index is 0.381. The largest absolute Gasteiger partial charge is 0.452 e. The lowest BCUT2D eigenvalue weighted by atomic mass is 9.96. The molecule has 2 saturated heterocycles. The van der Waals surface area contributed by atoms with Crippen LogP contribution in [0, 0.1) is 0 Å². The summed E-state index contributed by atoms with van der Waals surface area (Å²) in [6.07, 6.45) is 14.4. The number of hydrogen-bond acceptors (Lipinski definition) is 7. The number of rotatable bonds is 6. The Labute approximate surface area is 207 Å². The van der Waals surface area contributed by atoms with E-state index in [0.29, 0.717) is 18.0 Å². The molecule has 1 saturated carbocycles. The van der Waals surface area contributed by atoms with Gasteiger partial charge in [-0.2, -0.15) is 10.2 Å². The number of nitrogens with zero attached hydrogens (tertiary/aromatic N) is 5. The van der Waals surface area contributed by atoms with Crippen LogP contribution < -0.4 is 4.74 Å². The van der Waals surface area contributed by atoms with E-state index in [4.69, 9.17) is 19.3 Å². The second-order valence-electron chi connectivity index (χ2n) is 9.77. The van der Waals surface area contributed by atoms with Gasteiger partial charge in [-0.15, -0.1) is 11.3 Å². The topological polar surface area (TPSA) is 76.2 Å². The fraction of sp³-hybridized carbons (Fsp3) is 0.500. The van der Waals surface area contributed by atoms with Crippen LogP contribution in [0.15, 0.2) is 36.9 Å². The van der Waals surface area contributed by atoms with E-state index in [2.05, 4.69) is 37.9 Å². The molecule has 0 unspecified atom stereocenters. The van der Waals surface area contributed by atoms with Crippen molar-refractivity contribution in [2.45, 2.75) is 56.5 Å². The van der Waals surface area contributed by atoms with Gasteiger partial charge in [-0.05, 0) is 44.6 Å². The van der Waals surface area contributed by atoms with Crippen molar-refractivity contribution in [3.63, 3.8) is 0 Å². The molecule has 4 aromatic rings. The maximum absolute atomic E-state index is 6.60. The molecule has 35 heavy (non-hydrogen) atoms. The van der Waals surface area contributed by atoms with Crippen molar-refractivity contribution in [3.05, 3.63) is 42.6 Å². The van der Waals surface area contributed by atoms with Gasteiger partial charge in [0.15, 0.2) is 5.75 Å². The standard InChI is InChI=1S/C26H29N5O3S/c1-2-19(1)31-16-23(25(29-31)17-4-9-32-10-5-17)34-22-3-8-27-21-13-24(35-26(21)22)18-14-28-30(15-18)20-6-11-33-12-7-20/h3,8,13-17,19-20H,1-2,4-7,9-12H2. The van der Waals surface area contributed by atoms with Gasteiger partial charge in [0.25, 0.3) is 0 Å². The van der Waals surface area contributed by atoms with Crippen molar-refractivity contribution in [2.24, 2.45) is 0 Å². The second kappa shape index (κ2) is 9.04. The average molecular weight is 492 g/mol. The Balaban J connectivity index is 1.20. The SMILES string of the molecule is c1cc(Oc2cn(C3CC3)nc2C2CCOCC2)c2sc(-c3cnn(C4CCOCC4)c3)cc2n1. The minimum Gasteiger partial charge on any atom is -0.452 e. The Bertz CT molecular complexity index is 1330. The summed E-state index contributed by atoms with van der Waals surface area (Å²) in [4.78, 5) is 5.78. The normalized spacial score (nSPS) is 20.0. The highest BCUT2D eigenvalue weighted by atomic mass is 32.1. The monoisotopic (exact) mass is 491 g/mol. The highest BCUT2D eigenvalue weighted by Gasteiger charge is 2.30. The van der Waals surface area contributed by atoms with Gasteiger partial charge in [-0.1, -0.05) is 0 Å². The number of ether oxygens (including phenoxy) is 3. The van der Waals surface area contributed by atoms with Gasteiger partial charge in [-0.3, -0.25) is 14.3 Å². The second-order valence-corrected chi connectivity index (χ2v) is 10.8. The number of aromatic nitrogens is 5. The highest BCUT2D eigenvalue weighted by molar-refractivity contribution is 7.22. The van der Waals surface area contributed by atoms with Gasteiger partial charge in [-0.25, -0.2) is 0 Å². The van der Waals surface area contributed by atoms with Crippen LogP contribution in [0.5, 0.6) is 11.5 Å². The third-order valence-electron chi connectivity index (χ3n) is 7.30. The molecule has 3 fully saturated rings. The van der Waals surface area contributed by atoms with E-state index in [1.54, 1.807) is 11.3 Å². The molecule has 0 bridgehead atoms. The van der Waals surface area contributed by atoms with Crippen molar-refractivity contribution in [1.82, 2.24) is 24.5 Å². The molecule has 0 amide bonds. The van der Waals surface area contributed by atoms with Crippen LogP contribution in [0.1, 0.15) is 62.2 Å². The van der Waals surface area contributed by atoms with E-state index in [1.807, 2.05) is 18.5 Å². The molecule has 0 radical (unpaired) electrons. The van der Waals surface area contributed by atoms with Gasteiger partial charge in [0.05, 0.1) is 34.7 Å². The molecule has 1 aliphatic carbocycles. The molecule has 7 rings (SSSR count). The first-order chi connectivity index (χ1) is 17.3. The van der Waals surface area contributed by atoms with Crippen LogP contribution in [0.3, 0.4) is 0 Å². The lowest BCUT2D eigenvalue weighted by Crippen LogP contribution is -2.19. The predicted octanol–water partition coefficient (Wildman–Crippen LogP) is 5.73. The molecule has 3 aliphatic rings. The lowest BCUT2D eigenvalue weighted by molar-refractivity contribution is 0.0662. The Kier molecular flexibility index (Phi) is 5.56. The molecule has 182 valence electrons. The van der Waals surface area contributed by atoms with Crippen molar-refractivity contribution < 1.29 is 14.2 Å². The Morgan fingerprint density at radius 2 is 1.66 bits per heavy atom. The molecule has 0 atom stereocenters. The summed E-state index contributed by atoms with van der Waals surface area (Å²) in [5, 5.41) is 9.64. The maximum Gasteiger partial charge on any atom is 0.168 e. The molecule has 0 N–H and O–H groups in total. The van der Waals surface area contributed by atoms with E-state index in [1.165, 1.54) is 12.8 Å². The van der Waals surface area contributed by atoms with Crippen LogP contribution in [0.2, 0.25) is 0 Å². The number of fused-ring (bicyclic) bond motifs is 1. The zero-order valence-electron chi connectivity index (χ0n) is 19.6. The van der Waals surface area contributed by atoms with Crippen LogP contribution >= 0.6 is 11.3 Å². The minimum absolute atomic E-state index is 0.381. The molecule has 0 aromatic carbocycles. The average Bonchev–Trinajstić information content (AvgIpc) is 3.30. The molecule has 8 nitrogen and oxygen atoms in total. The van der Waals surface area contributed by atoms with E-state index in [9.17, 15) is 0 Å². The van der Waals surface area contributed by atoms with Gasteiger partial charge < -0.3 is 14.2 Å². The highest BCUT2D eigenvalue weighted by Crippen LogP contribution is 2.43. The summed E-state index contributed by atoms with van der Waals surface area (Å²) < 4.78 is 23.0. The molecule has 9 heteroatoms. The van der Waals surface area contributed by atoms with Gasteiger partial charge in [0.1, 0.15) is 11.4 Å². The fourth-order valence-corrected chi connectivity index (χ4v) is 6.16. The van der Waals surface area contributed by atoms with E-state index < -0.39 is 0 Å². The van der Waals surface area contributed by atoms with Crippen LogP contribution in [-0.2, 0) is 9.47 Å². The summed E-state index contributed by atoms with van der Waals surface area (Å²) in [5.41, 5.74) is 3.14. The van der Waals surface area contributed by atoms with Crippen LogP contribution in [-0.4, -0.2) is 51.0 Å².